The number of aromatic nitrogens is 2. The number of fused-ring (bicyclic) bond motifs is 1. The molecule has 28 heavy (non-hydrogen) atoms. The van der Waals surface area contributed by atoms with Crippen molar-refractivity contribution in [1.29, 1.82) is 0 Å². The van der Waals surface area contributed by atoms with E-state index in [0.717, 1.165) is 73.8 Å². The van der Waals surface area contributed by atoms with Gasteiger partial charge >= 0.3 is 0 Å². The number of hydrogen-bond acceptors (Lipinski definition) is 6. The van der Waals surface area contributed by atoms with Crippen molar-refractivity contribution in [3.8, 4) is 11.1 Å². The molecule has 2 aromatic carbocycles. The predicted octanol–water partition coefficient (Wildman–Crippen LogP) is 3.21. The minimum Gasteiger partial charge on any atom is -0.379 e. The lowest BCUT2D eigenvalue weighted by Gasteiger charge is -2.43. The Morgan fingerprint density at radius 2 is 1.93 bits per heavy atom. The maximum absolute atomic E-state index is 7.46. The largest absolute Gasteiger partial charge is 0.379 e. The topological polar surface area (TPSA) is 59.0 Å². The van der Waals surface area contributed by atoms with Crippen LogP contribution in [-0.4, -0.2) is 61.2 Å². The highest BCUT2D eigenvalue weighted by Gasteiger charge is 2.31. The lowest BCUT2D eigenvalue weighted by molar-refractivity contribution is 0.0286. The Bertz CT molecular complexity index is 1030. The van der Waals surface area contributed by atoms with E-state index in [2.05, 4.69) is 31.0 Å². The molecule has 2 aliphatic heterocycles. The van der Waals surface area contributed by atoms with E-state index in [1.165, 1.54) is 0 Å². The maximum Gasteiger partial charge on any atom is 0.194 e. The quantitative estimate of drug-likeness (QED) is 0.653. The van der Waals surface area contributed by atoms with Gasteiger partial charge in [0.25, 0.3) is 0 Å². The highest BCUT2D eigenvalue weighted by atomic mass is 16.6. The van der Waals surface area contributed by atoms with Crippen molar-refractivity contribution in [3.05, 3.63) is 47.8 Å². The summed E-state index contributed by atoms with van der Waals surface area (Å²) in [4.78, 5) is 8.48. The first-order valence-corrected chi connectivity index (χ1v) is 9.60. The van der Waals surface area contributed by atoms with Crippen LogP contribution < -0.4 is 4.90 Å². The van der Waals surface area contributed by atoms with Gasteiger partial charge in [0, 0.05) is 38.6 Å². The molecule has 2 aliphatic rings. The number of rotatable bonds is 4. The molecular weight excluding hydrogens is 354 g/mol. The summed E-state index contributed by atoms with van der Waals surface area (Å²) in [5.41, 5.74) is 5.07. The number of anilines is 1. The van der Waals surface area contributed by atoms with Gasteiger partial charge in [-0.15, -0.1) is 0 Å². The molecule has 0 N–H and O–H groups in total. The van der Waals surface area contributed by atoms with E-state index in [1.807, 2.05) is 30.3 Å². The molecule has 5 rings (SSSR count). The van der Waals surface area contributed by atoms with Crippen LogP contribution in [0.1, 0.15) is 0 Å². The van der Waals surface area contributed by atoms with Gasteiger partial charge in [-0.3, -0.25) is 4.90 Å². The summed E-state index contributed by atoms with van der Waals surface area (Å²) in [6, 6.07) is 11.7. The molecule has 0 radical (unpaired) electrons. The SMILES string of the molecule is [C-]#[N+]c1ccccc1-c1cc(N2CC(CN3CCOCC3)C2)c2nonc2c1. The molecule has 1 aromatic heterocycles. The van der Waals surface area contributed by atoms with Crippen LogP contribution >= 0.6 is 0 Å². The average molecular weight is 375 g/mol. The molecular formula is C21H21N5O2. The molecule has 0 unspecified atom stereocenters. The normalized spacial score (nSPS) is 18.2. The van der Waals surface area contributed by atoms with Gasteiger partial charge in [0.1, 0.15) is 5.52 Å². The molecule has 0 atom stereocenters. The molecule has 7 nitrogen and oxygen atoms in total. The second-order valence-corrected chi connectivity index (χ2v) is 7.44. The van der Waals surface area contributed by atoms with Crippen molar-refractivity contribution in [2.75, 3.05) is 50.8 Å². The first kappa shape index (κ1) is 17.2. The van der Waals surface area contributed by atoms with Crippen LogP contribution in [0.25, 0.3) is 27.0 Å². The van der Waals surface area contributed by atoms with E-state index in [-0.39, 0.29) is 0 Å². The van der Waals surface area contributed by atoms with Gasteiger partial charge in [0.05, 0.1) is 25.5 Å². The first-order valence-electron chi connectivity index (χ1n) is 9.60. The number of nitrogens with zero attached hydrogens (tertiary/aromatic N) is 5. The second kappa shape index (κ2) is 7.23. The third kappa shape index (κ3) is 3.11. The zero-order valence-corrected chi connectivity index (χ0v) is 15.5. The molecule has 0 spiro atoms. The molecule has 2 saturated heterocycles. The molecule has 3 heterocycles. The highest BCUT2D eigenvalue weighted by molar-refractivity contribution is 5.94. The van der Waals surface area contributed by atoms with E-state index in [0.29, 0.717) is 11.6 Å². The summed E-state index contributed by atoms with van der Waals surface area (Å²) in [6.07, 6.45) is 0. The third-order valence-electron chi connectivity index (χ3n) is 5.59. The summed E-state index contributed by atoms with van der Waals surface area (Å²) in [5, 5.41) is 8.19. The van der Waals surface area contributed by atoms with Crippen LogP contribution in [0.2, 0.25) is 0 Å². The van der Waals surface area contributed by atoms with E-state index < -0.39 is 0 Å². The summed E-state index contributed by atoms with van der Waals surface area (Å²) >= 11 is 0. The predicted molar refractivity (Wildman–Crippen MR) is 106 cm³/mol. The molecule has 0 aliphatic carbocycles. The molecule has 0 saturated carbocycles. The monoisotopic (exact) mass is 375 g/mol. The number of benzene rings is 2. The van der Waals surface area contributed by atoms with Crippen LogP contribution in [0.3, 0.4) is 0 Å². The van der Waals surface area contributed by atoms with E-state index in [9.17, 15) is 0 Å². The van der Waals surface area contributed by atoms with Gasteiger partial charge in [-0.1, -0.05) is 24.3 Å². The van der Waals surface area contributed by atoms with Crippen molar-refractivity contribution in [3.63, 3.8) is 0 Å². The second-order valence-electron chi connectivity index (χ2n) is 7.44. The Morgan fingerprint density at radius 1 is 1.11 bits per heavy atom. The number of para-hydroxylation sites is 1. The highest BCUT2D eigenvalue weighted by Crippen LogP contribution is 2.38. The van der Waals surface area contributed by atoms with Crippen molar-refractivity contribution in [1.82, 2.24) is 15.2 Å². The lowest BCUT2D eigenvalue weighted by Crippen LogP contribution is -2.53. The van der Waals surface area contributed by atoms with Gasteiger partial charge in [-0.25, -0.2) is 9.47 Å². The Kier molecular flexibility index (Phi) is 4.43. The Balaban J connectivity index is 1.41. The molecule has 0 bridgehead atoms. The van der Waals surface area contributed by atoms with Crippen LogP contribution in [0, 0.1) is 12.5 Å². The summed E-state index contributed by atoms with van der Waals surface area (Å²) in [6.45, 7) is 14.3. The Hall–Kier alpha value is -2.95. The minimum absolute atomic E-state index is 0.637. The van der Waals surface area contributed by atoms with Crippen LogP contribution in [0.5, 0.6) is 0 Å². The van der Waals surface area contributed by atoms with E-state index in [4.69, 9.17) is 15.9 Å². The third-order valence-corrected chi connectivity index (χ3v) is 5.59. The standard InChI is InChI=1S/C21H21N5O2/c1-22-18-5-3-2-4-17(18)16-10-19-21(24-28-23-19)20(11-16)26-13-15(14-26)12-25-6-8-27-9-7-25/h2-5,10-11,15H,6-9,12-14H2. The van der Waals surface area contributed by atoms with Gasteiger partial charge in [-0.2, -0.15) is 0 Å². The summed E-state index contributed by atoms with van der Waals surface area (Å²) in [7, 11) is 0. The van der Waals surface area contributed by atoms with Gasteiger partial charge in [0.2, 0.25) is 0 Å². The van der Waals surface area contributed by atoms with Crippen molar-refractivity contribution >= 4 is 22.4 Å². The van der Waals surface area contributed by atoms with Crippen LogP contribution in [-0.2, 0) is 4.74 Å². The Morgan fingerprint density at radius 3 is 2.75 bits per heavy atom. The minimum atomic E-state index is 0.637. The van der Waals surface area contributed by atoms with Crippen LogP contribution in [0.4, 0.5) is 11.4 Å². The van der Waals surface area contributed by atoms with Gasteiger partial charge in [-0.05, 0) is 33.6 Å². The first-order chi connectivity index (χ1) is 13.8. The van der Waals surface area contributed by atoms with Gasteiger partial charge < -0.3 is 9.64 Å². The number of hydrogen-bond donors (Lipinski definition) is 0. The molecule has 142 valence electrons. The molecule has 0 amide bonds. The molecule has 7 heteroatoms. The molecule has 2 fully saturated rings. The molecule has 3 aromatic rings. The lowest BCUT2D eigenvalue weighted by atomic mass is 9.96. The average Bonchev–Trinajstić information content (AvgIpc) is 3.19. The van der Waals surface area contributed by atoms with E-state index in [1.54, 1.807) is 0 Å². The fourth-order valence-electron chi connectivity index (χ4n) is 4.12. The fourth-order valence-corrected chi connectivity index (χ4v) is 4.12. The fraction of sp³-hybridized carbons (Fsp3) is 0.381. The van der Waals surface area contributed by atoms with E-state index >= 15 is 0 Å². The van der Waals surface area contributed by atoms with Gasteiger partial charge in [0.15, 0.2) is 11.2 Å². The smallest absolute Gasteiger partial charge is 0.194 e. The van der Waals surface area contributed by atoms with Crippen LogP contribution in [0.15, 0.2) is 41.0 Å². The maximum atomic E-state index is 7.46. The number of morpholine rings is 1. The summed E-state index contributed by atoms with van der Waals surface area (Å²) < 4.78 is 10.4. The zero-order chi connectivity index (χ0) is 18.9. The number of ether oxygens (including phenoxy) is 1. The van der Waals surface area contributed by atoms with Crippen molar-refractivity contribution in [2.45, 2.75) is 0 Å². The van der Waals surface area contributed by atoms with Crippen molar-refractivity contribution in [2.24, 2.45) is 5.92 Å². The summed E-state index contributed by atoms with van der Waals surface area (Å²) in [5.74, 6) is 0.646. The Labute approximate surface area is 163 Å². The zero-order valence-electron chi connectivity index (χ0n) is 15.5. The van der Waals surface area contributed by atoms with Crippen molar-refractivity contribution < 1.29 is 9.37 Å².